The van der Waals surface area contributed by atoms with Crippen LogP contribution in [0.1, 0.15) is 25.7 Å². The third kappa shape index (κ3) is 5.51. The summed E-state index contributed by atoms with van der Waals surface area (Å²) in [6.45, 7) is 3.75. The van der Waals surface area contributed by atoms with E-state index in [0.717, 1.165) is 32.4 Å². The minimum absolute atomic E-state index is 0.00675. The van der Waals surface area contributed by atoms with Crippen molar-refractivity contribution >= 4 is 11.8 Å². The lowest BCUT2D eigenvalue weighted by atomic mass is 9.86. The van der Waals surface area contributed by atoms with Crippen molar-refractivity contribution in [2.24, 2.45) is 17.6 Å². The Morgan fingerprint density at radius 1 is 1.26 bits per heavy atom. The van der Waals surface area contributed by atoms with E-state index in [1.54, 1.807) is 0 Å². The van der Waals surface area contributed by atoms with Crippen LogP contribution < -0.4 is 16.4 Å². The molecule has 0 aromatic carbocycles. The Morgan fingerprint density at radius 3 is 2.74 bits per heavy atom. The van der Waals surface area contributed by atoms with Crippen LogP contribution in [0, 0.1) is 11.8 Å². The summed E-state index contributed by atoms with van der Waals surface area (Å²) in [4.78, 5) is 27.6. The van der Waals surface area contributed by atoms with Gasteiger partial charge in [0.15, 0.2) is 5.78 Å². The Morgan fingerprint density at radius 2 is 2.00 bits per heavy atom. The van der Waals surface area contributed by atoms with Crippen LogP contribution >= 0.6 is 0 Å². The van der Waals surface area contributed by atoms with Gasteiger partial charge in [-0.1, -0.05) is 6.08 Å². The zero-order valence-electron chi connectivity index (χ0n) is 16.1. The number of hydrogen-bond acceptors (Lipinski definition) is 8. The zero-order chi connectivity index (χ0) is 19.2. The molecule has 2 fully saturated rings. The van der Waals surface area contributed by atoms with Gasteiger partial charge in [-0.15, -0.1) is 0 Å². The van der Waals surface area contributed by atoms with E-state index in [1.165, 1.54) is 0 Å². The third-order valence-electron chi connectivity index (χ3n) is 5.67. The predicted molar refractivity (Wildman–Crippen MR) is 101 cm³/mol. The summed E-state index contributed by atoms with van der Waals surface area (Å²) in [6, 6.07) is 0.0919. The number of likely N-dealkylation sites (tertiary alicyclic amines) is 1. The number of ketones is 1. The predicted octanol–water partition coefficient (Wildman–Crippen LogP) is -0.403. The van der Waals surface area contributed by atoms with E-state index in [0.29, 0.717) is 31.8 Å². The van der Waals surface area contributed by atoms with E-state index in [-0.39, 0.29) is 42.5 Å². The monoisotopic (exact) mass is 380 g/mol. The molecule has 0 bridgehead atoms. The van der Waals surface area contributed by atoms with Crippen LogP contribution in [0.5, 0.6) is 0 Å². The number of carbonyl (C=O) groups is 2. The number of esters is 1. The Bertz CT molecular complexity index is 560. The molecule has 2 saturated heterocycles. The number of rotatable bonds is 7. The molecule has 3 heterocycles. The molecule has 0 amide bonds. The van der Waals surface area contributed by atoms with E-state index < -0.39 is 0 Å². The molecule has 27 heavy (non-hydrogen) atoms. The van der Waals surface area contributed by atoms with Gasteiger partial charge in [-0.3, -0.25) is 9.59 Å². The van der Waals surface area contributed by atoms with Gasteiger partial charge in [-0.05, 0) is 32.7 Å². The van der Waals surface area contributed by atoms with E-state index in [4.69, 9.17) is 15.2 Å². The quantitative estimate of drug-likeness (QED) is 0.405. The van der Waals surface area contributed by atoms with E-state index in [9.17, 15) is 9.59 Å². The molecule has 8 nitrogen and oxygen atoms in total. The van der Waals surface area contributed by atoms with Crippen molar-refractivity contribution in [3.63, 3.8) is 0 Å². The van der Waals surface area contributed by atoms with Gasteiger partial charge < -0.3 is 30.7 Å². The molecule has 0 spiro atoms. The van der Waals surface area contributed by atoms with E-state index in [1.807, 2.05) is 6.08 Å². The van der Waals surface area contributed by atoms with Crippen LogP contribution in [0.2, 0.25) is 0 Å². The summed E-state index contributed by atoms with van der Waals surface area (Å²) in [6.07, 6.45) is 4.99. The molecule has 3 unspecified atom stereocenters. The first-order valence-corrected chi connectivity index (χ1v) is 9.95. The van der Waals surface area contributed by atoms with Gasteiger partial charge >= 0.3 is 5.97 Å². The molecule has 3 atom stereocenters. The highest BCUT2D eigenvalue weighted by Crippen LogP contribution is 2.24. The number of piperidine rings is 2. The molecule has 0 aromatic heterocycles. The molecular weight excluding hydrogens is 348 g/mol. The second kappa shape index (κ2) is 9.64. The molecule has 3 rings (SSSR count). The number of carbonyl (C=O) groups excluding carboxylic acids is 2. The van der Waals surface area contributed by atoms with Gasteiger partial charge in [0, 0.05) is 32.1 Å². The van der Waals surface area contributed by atoms with Crippen molar-refractivity contribution < 1.29 is 19.1 Å². The van der Waals surface area contributed by atoms with Gasteiger partial charge in [0.1, 0.15) is 6.10 Å². The Labute approximate surface area is 160 Å². The van der Waals surface area contributed by atoms with Crippen LogP contribution in [0.3, 0.4) is 0 Å². The molecule has 8 heteroatoms. The van der Waals surface area contributed by atoms with Crippen molar-refractivity contribution in [2.45, 2.75) is 37.8 Å². The highest BCUT2D eigenvalue weighted by Gasteiger charge is 2.35. The lowest BCUT2D eigenvalue weighted by molar-refractivity contribution is -0.157. The third-order valence-corrected chi connectivity index (χ3v) is 5.67. The van der Waals surface area contributed by atoms with Gasteiger partial charge in [-0.2, -0.15) is 0 Å². The number of nitrogens with two attached hydrogens (primary N) is 1. The average Bonchev–Trinajstić information content (AvgIpc) is 3.16. The number of ether oxygens (including phenoxy) is 2. The molecule has 0 saturated carbocycles. The minimum atomic E-state index is -0.259. The summed E-state index contributed by atoms with van der Waals surface area (Å²) in [5.41, 5.74) is 5.98. The van der Waals surface area contributed by atoms with Crippen molar-refractivity contribution in [3.05, 3.63) is 11.8 Å². The normalized spacial score (nSPS) is 29.9. The maximum atomic E-state index is 12.8. The number of Topliss-reactive ketones (excluding diaryl/α,β-unsaturated/α-hetero) is 1. The van der Waals surface area contributed by atoms with Gasteiger partial charge in [0.25, 0.3) is 0 Å². The molecule has 152 valence electrons. The highest BCUT2D eigenvalue weighted by molar-refractivity contribution is 5.97. The smallest absolute Gasteiger partial charge is 0.310 e. The van der Waals surface area contributed by atoms with Crippen LogP contribution in [0.25, 0.3) is 0 Å². The molecular formula is C19H32N4O4. The SMILES string of the molecule is CN1CCC(OC(=O)C2CNCC(C(=O)C3=CCC(COCN)N3)C2)CC1. The molecule has 0 aromatic rings. The first kappa shape index (κ1) is 20.3. The zero-order valence-corrected chi connectivity index (χ0v) is 16.1. The highest BCUT2D eigenvalue weighted by atomic mass is 16.5. The summed E-state index contributed by atoms with van der Waals surface area (Å²) >= 11 is 0. The fourth-order valence-corrected chi connectivity index (χ4v) is 3.99. The van der Waals surface area contributed by atoms with Crippen molar-refractivity contribution in [1.82, 2.24) is 15.5 Å². The summed E-state index contributed by atoms with van der Waals surface area (Å²) in [5, 5.41) is 6.45. The molecule has 0 radical (unpaired) electrons. The summed E-state index contributed by atoms with van der Waals surface area (Å²) in [5.74, 6) is -0.570. The number of allylic oxidation sites excluding steroid dienone is 1. The molecule has 0 aliphatic carbocycles. The maximum absolute atomic E-state index is 12.8. The molecule has 4 N–H and O–H groups in total. The van der Waals surface area contributed by atoms with Crippen LogP contribution in [0.4, 0.5) is 0 Å². The van der Waals surface area contributed by atoms with Crippen LogP contribution in [0.15, 0.2) is 11.8 Å². The van der Waals surface area contributed by atoms with Gasteiger partial charge in [-0.25, -0.2) is 0 Å². The number of nitrogens with zero attached hydrogens (tertiary/aromatic N) is 1. The second-order valence-electron chi connectivity index (χ2n) is 7.82. The van der Waals surface area contributed by atoms with Gasteiger partial charge in [0.05, 0.1) is 31.0 Å². The number of hydrogen-bond donors (Lipinski definition) is 3. The Balaban J connectivity index is 1.47. The van der Waals surface area contributed by atoms with Gasteiger partial charge in [0.2, 0.25) is 0 Å². The fourth-order valence-electron chi connectivity index (χ4n) is 3.99. The first-order chi connectivity index (χ1) is 13.1. The lowest BCUT2D eigenvalue weighted by Crippen LogP contribution is -2.45. The average molecular weight is 380 g/mol. The first-order valence-electron chi connectivity index (χ1n) is 9.95. The second-order valence-corrected chi connectivity index (χ2v) is 7.82. The van der Waals surface area contributed by atoms with Crippen molar-refractivity contribution in [2.75, 3.05) is 46.6 Å². The van der Waals surface area contributed by atoms with E-state index in [2.05, 4.69) is 22.6 Å². The lowest BCUT2D eigenvalue weighted by Gasteiger charge is -2.32. The van der Waals surface area contributed by atoms with Crippen LogP contribution in [-0.4, -0.2) is 75.4 Å². The van der Waals surface area contributed by atoms with E-state index >= 15 is 0 Å². The minimum Gasteiger partial charge on any atom is -0.462 e. The fraction of sp³-hybridized carbons (Fsp3) is 0.789. The molecule has 3 aliphatic heterocycles. The van der Waals surface area contributed by atoms with Crippen molar-refractivity contribution in [3.8, 4) is 0 Å². The summed E-state index contributed by atoms with van der Waals surface area (Å²) in [7, 11) is 2.08. The Hall–Kier alpha value is -1.48. The van der Waals surface area contributed by atoms with Crippen LogP contribution in [-0.2, 0) is 19.1 Å². The summed E-state index contributed by atoms with van der Waals surface area (Å²) < 4.78 is 10.9. The largest absolute Gasteiger partial charge is 0.462 e. The topological polar surface area (TPSA) is 106 Å². The Kier molecular flexibility index (Phi) is 7.23. The van der Waals surface area contributed by atoms with Crippen molar-refractivity contribution in [1.29, 1.82) is 0 Å². The molecule has 3 aliphatic rings. The standard InChI is InChI=1S/C19H32N4O4/c1-23-6-4-16(5-7-23)27-19(25)14-8-13(9-21-10-14)18(24)17-3-2-15(22-17)11-26-12-20/h3,13-16,21-22H,2,4-12,20H2,1H3. The number of nitrogens with one attached hydrogen (secondary N) is 2. The maximum Gasteiger partial charge on any atom is 0.310 e.